The molecule has 4 N–H and O–H groups in total. The van der Waals surface area contributed by atoms with E-state index in [4.69, 9.17) is 38.6 Å². The zero-order chi connectivity index (χ0) is 28.5. The van der Waals surface area contributed by atoms with E-state index in [1.165, 1.54) is 0 Å². The summed E-state index contributed by atoms with van der Waals surface area (Å²) in [5.74, 6) is 0.584. The van der Waals surface area contributed by atoms with Crippen LogP contribution in [0.4, 0.5) is 17.1 Å². The first-order valence-electron chi connectivity index (χ1n) is 12.4. The van der Waals surface area contributed by atoms with Gasteiger partial charge in [-0.25, -0.2) is 0 Å². The second kappa shape index (κ2) is 13.7. The lowest BCUT2D eigenvalue weighted by atomic mass is 10.2. The minimum Gasteiger partial charge on any atom is -0.497 e. The standard InChI is InChI=1S/C28H29N5O5S2/c1-36-21-8-3-18(4-9-21)25(34)31-27(39)29-20-7-12-24(33-13-15-38-16-14-33)23(17-20)30-28(40)32-26(35)19-5-10-22(37-2)11-6-19/h3-12,17H,13-16H2,1-2H3,(H2,29,31,34,39)(H2,30,32,35,40). The van der Waals surface area contributed by atoms with E-state index >= 15 is 0 Å². The molecule has 0 atom stereocenters. The second-order valence-electron chi connectivity index (χ2n) is 8.60. The quantitative estimate of drug-likeness (QED) is 0.309. The van der Waals surface area contributed by atoms with Crippen LogP contribution in [0.25, 0.3) is 0 Å². The molecular formula is C28H29N5O5S2. The summed E-state index contributed by atoms with van der Waals surface area (Å²) < 4.78 is 15.8. The Kier molecular flexibility index (Phi) is 9.84. The molecule has 0 spiro atoms. The number of carbonyl (C=O) groups excluding carboxylic acids is 2. The van der Waals surface area contributed by atoms with Crippen LogP contribution in [0.2, 0.25) is 0 Å². The molecule has 40 heavy (non-hydrogen) atoms. The number of rotatable bonds is 7. The molecule has 0 radical (unpaired) electrons. The third kappa shape index (κ3) is 7.65. The fourth-order valence-electron chi connectivity index (χ4n) is 3.95. The van der Waals surface area contributed by atoms with Crippen LogP contribution in [0, 0.1) is 0 Å². The van der Waals surface area contributed by atoms with Crippen LogP contribution < -0.4 is 35.6 Å². The van der Waals surface area contributed by atoms with Gasteiger partial charge in [-0.05, 0) is 91.2 Å². The van der Waals surface area contributed by atoms with Gasteiger partial charge in [0.2, 0.25) is 0 Å². The fraction of sp³-hybridized carbons (Fsp3) is 0.214. The van der Waals surface area contributed by atoms with E-state index in [1.54, 1.807) is 62.8 Å². The van der Waals surface area contributed by atoms with E-state index in [9.17, 15) is 9.59 Å². The van der Waals surface area contributed by atoms with Crippen LogP contribution in [0.3, 0.4) is 0 Å². The van der Waals surface area contributed by atoms with Crippen molar-refractivity contribution in [3.05, 3.63) is 77.9 Å². The van der Waals surface area contributed by atoms with Crippen molar-refractivity contribution in [1.82, 2.24) is 10.6 Å². The number of thiocarbonyl (C=S) groups is 2. The number of morpholine rings is 1. The Labute approximate surface area is 243 Å². The van der Waals surface area contributed by atoms with Gasteiger partial charge < -0.3 is 29.7 Å². The van der Waals surface area contributed by atoms with Crippen molar-refractivity contribution in [2.75, 3.05) is 56.1 Å². The first-order valence-corrected chi connectivity index (χ1v) is 13.2. The highest BCUT2D eigenvalue weighted by Gasteiger charge is 2.18. The number of ether oxygens (including phenoxy) is 3. The summed E-state index contributed by atoms with van der Waals surface area (Å²) in [6, 6.07) is 19.0. The van der Waals surface area contributed by atoms with Gasteiger partial charge in [-0.1, -0.05) is 0 Å². The number of hydrogen-bond donors (Lipinski definition) is 4. The molecule has 3 aromatic rings. The highest BCUT2D eigenvalue weighted by atomic mass is 32.1. The van der Waals surface area contributed by atoms with Crippen molar-refractivity contribution < 1.29 is 23.8 Å². The van der Waals surface area contributed by atoms with Gasteiger partial charge in [-0.2, -0.15) is 0 Å². The zero-order valence-corrected chi connectivity index (χ0v) is 23.6. The molecule has 0 aromatic heterocycles. The Morgan fingerprint density at radius 2 is 1.25 bits per heavy atom. The predicted molar refractivity (Wildman–Crippen MR) is 163 cm³/mol. The van der Waals surface area contributed by atoms with Gasteiger partial charge in [0.25, 0.3) is 11.8 Å². The molecule has 1 fully saturated rings. The molecule has 1 aliphatic heterocycles. The summed E-state index contributed by atoms with van der Waals surface area (Å²) in [4.78, 5) is 27.5. The SMILES string of the molecule is COc1ccc(C(=O)NC(=S)Nc2ccc(N3CCOCC3)c(NC(=S)NC(=O)c3ccc(OC)cc3)c2)cc1. The van der Waals surface area contributed by atoms with Crippen molar-refractivity contribution in [3.8, 4) is 11.5 Å². The van der Waals surface area contributed by atoms with Gasteiger partial charge in [0.1, 0.15) is 11.5 Å². The van der Waals surface area contributed by atoms with Crippen molar-refractivity contribution >= 4 is 63.5 Å². The number of carbonyl (C=O) groups is 2. The van der Waals surface area contributed by atoms with Gasteiger partial charge in [0.05, 0.1) is 38.8 Å². The van der Waals surface area contributed by atoms with Crippen molar-refractivity contribution in [2.24, 2.45) is 0 Å². The van der Waals surface area contributed by atoms with Crippen LogP contribution in [0.5, 0.6) is 11.5 Å². The number of hydrogen-bond acceptors (Lipinski definition) is 8. The largest absolute Gasteiger partial charge is 0.497 e. The van der Waals surface area contributed by atoms with Crippen molar-refractivity contribution in [3.63, 3.8) is 0 Å². The molecule has 1 heterocycles. The molecule has 0 saturated carbocycles. The Hall–Kier alpha value is -4.26. The maximum absolute atomic E-state index is 12.7. The monoisotopic (exact) mass is 579 g/mol. The Morgan fingerprint density at radius 3 is 1.75 bits per heavy atom. The van der Waals surface area contributed by atoms with Gasteiger partial charge in [0.15, 0.2) is 10.2 Å². The lowest BCUT2D eigenvalue weighted by Crippen LogP contribution is -2.38. The maximum atomic E-state index is 12.7. The molecule has 0 bridgehead atoms. The molecule has 0 unspecified atom stereocenters. The van der Waals surface area contributed by atoms with Gasteiger partial charge in [-0.3, -0.25) is 20.2 Å². The van der Waals surface area contributed by atoms with Crippen LogP contribution in [-0.4, -0.2) is 62.6 Å². The number of nitrogens with one attached hydrogen (secondary N) is 4. The van der Waals surface area contributed by atoms with E-state index in [-0.39, 0.29) is 22.0 Å². The molecule has 3 aromatic carbocycles. The summed E-state index contributed by atoms with van der Waals surface area (Å²) in [6.45, 7) is 2.59. The number of nitrogens with zero attached hydrogens (tertiary/aromatic N) is 1. The number of methoxy groups -OCH3 is 2. The molecule has 0 aliphatic carbocycles. The molecule has 208 valence electrons. The fourth-order valence-corrected chi connectivity index (χ4v) is 4.36. The maximum Gasteiger partial charge on any atom is 0.257 e. The van der Waals surface area contributed by atoms with Crippen LogP contribution in [-0.2, 0) is 4.74 Å². The second-order valence-corrected chi connectivity index (χ2v) is 9.42. The Bertz CT molecular complexity index is 1380. The Morgan fingerprint density at radius 1 is 0.750 bits per heavy atom. The van der Waals surface area contributed by atoms with Crippen LogP contribution >= 0.6 is 24.4 Å². The molecule has 4 rings (SSSR count). The third-order valence-corrected chi connectivity index (χ3v) is 6.42. The number of benzene rings is 3. The predicted octanol–water partition coefficient (Wildman–Crippen LogP) is 3.79. The molecular weight excluding hydrogens is 550 g/mol. The summed E-state index contributed by atoms with van der Waals surface area (Å²) >= 11 is 10.8. The summed E-state index contributed by atoms with van der Waals surface area (Å²) in [6.07, 6.45) is 0. The summed E-state index contributed by atoms with van der Waals surface area (Å²) in [7, 11) is 3.12. The van der Waals surface area contributed by atoms with E-state index in [2.05, 4.69) is 26.2 Å². The van der Waals surface area contributed by atoms with Crippen molar-refractivity contribution in [2.45, 2.75) is 0 Å². The zero-order valence-electron chi connectivity index (χ0n) is 22.0. The van der Waals surface area contributed by atoms with Gasteiger partial charge in [0, 0.05) is 29.9 Å². The minimum absolute atomic E-state index is 0.126. The molecule has 1 aliphatic rings. The van der Waals surface area contributed by atoms with Crippen molar-refractivity contribution in [1.29, 1.82) is 0 Å². The summed E-state index contributed by atoms with van der Waals surface area (Å²) in [5, 5.41) is 11.8. The Balaban J connectivity index is 1.45. The average Bonchev–Trinajstić information content (AvgIpc) is 2.97. The highest BCUT2D eigenvalue weighted by Crippen LogP contribution is 2.30. The first kappa shape index (κ1) is 28.7. The first-order chi connectivity index (χ1) is 19.4. The van der Waals surface area contributed by atoms with E-state index in [0.29, 0.717) is 60.3 Å². The smallest absolute Gasteiger partial charge is 0.257 e. The average molecular weight is 580 g/mol. The van der Waals surface area contributed by atoms with Crippen LogP contribution in [0.15, 0.2) is 66.7 Å². The molecule has 10 nitrogen and oxygen atoms in total. The van der Waals surface area contributed by atoms with E-state index in [0.717, 1.165) is 5.69 Å². The van der Waals surface area contributed by atoms with E-state index in [1.807, 2.05) is 18.2 Å². The topological polar surface area (TPSA) is 113 Å². The summed E-state index contributed by atoms with van der Waals surface area (Å²) in [5.41, 5.74) is 3.02. The van der Waals surface area contributed by atoms with E-state index < -0.39 is 0 Å². The number of anilines is 3. The highest BCUT2D eigenvalue weighted by molar-refractivity contribution is 7.80. The molecule has 12 heteroatoms. The van der Waals surface area contributed by atoms with Crippen LogP contribution in [0.1, 0.15) is 20.7 Å². The third-order valence-electron chi connectivity index (χ3n) is 6.01. The lowest BCUT2D eigenvalue weighted by molar-refractivity contribution is 0.0969. The minimum atomic E-state index is -0.357. The normalized spacial score (nSPS) is 12.6. The number of amides is 2. The van der Waals surface area contributed by atoms with Gasteiger partial charge >= 0.3 is 0 Å². The molecule has 2 amide bonds. The molecule has 1 saturated heterocycles. The van der Waals surface area contributed by atoms with Gasteiger partial charge in [-0.15, -0.1) is 0 Å². The lowest BCUT2D eigenvalue weighted by Gasteiger charge is -2.31.